The van der Waals surface area contributed by atoms with E-state index < -0.39 is 10.4 Å². The van der Waals surface area contributed by atoms with Gasteiger partial charge in [-0.3, -0.25) is 4.55 Å². The third-order valence-corrected chi connectivity index (χ3v) is 3.19. The molecule has 0 aromatic carbocycles. The molecule has 0 bridgehead atoms. The molecule has 0 radical (unpaired) electrons. The average molecular weight is 327 g/mol. The molecule has 0 amide bonds. The number of unbranched alkanes of at least 4 members (excludes halogenated alkanes) is 9. The van der Waals surface area contributed by atoms with E-state index in [1.165, 1.54) is 44.9 Å². The van der Waals surface area contributed by atoms with Crippen LogP contribution in [0.2, 0.25) is 0 Å². The van der Waals surface area contributed by atoms with Crippen molar-refractivity contribution in [3.8, 4) is 0 Å². The van der Waals surface area contributed by atoms with E-state index in [1.807, 2.05) is 0 Å². The van der Waals surface area contributed by atoms with Gasteiger partial charge in [-0.2, -0.15) is 8.42 Å². The Hall–Kier alpha value is 1.16. The van der Waals surface area contributed by atoms with Gasteiger partial charge >= 0.3 is 40.0 Å². The third-order valence-electron chi connectivity index (χ3n) is 2.73. The molecule has 0 aromatic rings. The van der Waals surface area contributed by atoms with Crippen molar-refractivity contribution in [3.63, 3.8) is 0 Å². The summed E-state index contributed by atoms with van der Waals surface area (Å²) in [6.45, 7) is 2.31. The Morgan fingerprint density at radius 1 is 0.842 bits per heavy atom. The van der Waals surface area contributed by atoms with E-state index in [0.29, 0.717) is 6.42 Å². The van der Waals surface area contributed by atoms with Crippen LogP contribution in [0.4, 0.5) is 0 Å². The van der Waals surface area contributed by atoms with Crippen LogP contribution in [0, 0.1) is 0 Å². The zero-order chi connectivity index (χ0) is 13.0. The first-order valence-electron chi connectivity index (χ1n) is 6.68. The molecule has 1 N–H and O–H groups in total. The van der Waals surface area contributed by atoms with Gasteiger partial charge in [0, 0.05) is 0 Å². The zero-order valence-corrected chi connectivity index (χ0v) is 12.9. The van der Waals surface area contributed by atoms with Crippen molar-refractivity contribution < 1.29 is 17.2 Å². The fourth-order valence-corrected chi connectivity index (χ4v) is 2.08. The molecule has 7 heteroatoms. The standard InChI is InChI=1S/C12H26O4S.ClH.Na.H/c1-2-3-4-5-6-7-8-9-10-11-12-16-17(13,14)15;;;/h2-12H2,1H3,(H,13,14,15);1H;;. The molecule has 0 spiro atoms. The van der Waals surface area contributed by atoms with Crippen LogP contribution in [0.15, 0.2) is 0 Å². The van der Waals surface area contributed by atoms with Gasteiger partial charge < -0.3 is 0 Å². The van der Waals surface area contributed by atoms with Gasteiger partial charge in [0.2, 0.25) is 0 Å². The Kier molecular flexibility index (Phi) is 22.8. The molecular formula is C12H28ClNaO4S. The van der Waals surface area contributed by atoms with Crippen LogP contribution in [0.25, 0.3) is 0 Å². The second-order valence-electron chi connectivity index (χ2n) is 4.43. The van der Waals surface area contributed by atoms with Crippen LogP contribution >= 0.6 is 12.4 Å². The van der Waals surface area contributed by atoms with Gasteiger partial charge in [0.05, 0.1) is 6.61 Å². The van der Waals surface area contributed by atoms with Crippen molar-refractivity contribution in [2.24, 2.45) is 0 Å². The predicted molar refractivity (Wildman–Crippen MR) is 83.7 cm³/mol. The van der Waals surface area contributed by atoms with Crippen molar-refractivity contribution in [1.29, 1.82) is 0 Å². The van der Waals surface area contributed by atoms with Crippen molar-refractivity contribution in [3.05, 3.63) is 0 Å². The molecule has 0 aliphatic rings. The number of hydrogen-bond donors (Lipinski definition) is 1. The second-order valence-corrected chi connectivity index (χ2v) is 5.52. The molecule has 4 nitrogen and oxygen atoms in total. The summed E-state index contributed by atoms with van der Waals surface area (Å²) >= 11 is 0. The topological polar surface area (TPSA) is 63.6 Å². The monoisotopic (exact) mass is 326 g/mol. The zero-order valence-electron chi connectivity index (χ0n) is 11.3. The molecule has 0 heterocycles. The Labute approximate surface area is 146 Å². The summed E-state index contributed by atoms with van der Waals surface area (Å²) in [5.74, 6) is 0. The van der Waals surface area contributed by atoms with Gasteiger partial charge in [-0.25, -0.2) is 4.18 Å². The van der Waals surface area contributed by atoms with E-state index in [4.69, 9.17) is 4.55 Å². The van der Waals surface area contributed by atoms with Crippen LogP contribution in [-0.4, -0.2) is 49.1 Å². The predicted octanol–water partition coefficient (Wildman–Crippen LogP) is 3.50. The quantitative estimate of drug-likeness (QED) is 0.339. The Morgan fingerprint density at radius 2 is 1.21 bits per heavy atom. The first-order chi connectivity index (χ1) is 8.06. The molecule has 0 aromatic heterocycles. The maximum absolute atomic E-state index is 10.2. The number of hydrogen-bond acceptors (Lipinski definition) is 3. The van der Waals surface area contributed by atoms with Gasteiger partial charge in [0.1, 0.15) is 0 Å². The van der Waals surface area contributed by atoms with Gasteiger partial charge in [-0.1, -0.05) is 64.7 Å². The van der Waals surface area contributed by atoms with E-state index in [0.717, 1.165) is 12.8 Å². The molecule has 114 valence electrons. The molecule has 0 atom stereocenters. The molecule has 0 aliphatic heterocycles. The molecule has 0 saturated carbocycles. The van der Waals surface area contributed by atoms with Gasteiger partial charge in [0.25, 0.3) is 0 Å². The van der Waals surface area contributed by atoms with Crippen molar-refractivity contribution >= 4 is 52.4 Å². The van der Waals surface area contributed by atoms with Crippen LogP contribution in [0.1, 0.15) is 71.1 Å². The minimum absolute atomic E-state index is 0. The van der Waals surface area contributed by atoms with Crippen LogP contribution in [0.5, 0.6) is 0 Å². The normalized spacial score (nSPS) is 10.6. The van der Waals surface area contributed by atoms with Crippen LogP contribution in [-0.2, 0) is 14.6 Å². The summed E-state index contributed by atoms with van der Waals surface area (Å²) in [5.41, 5.74) is 0. The number of halogens is 1. The van der Waals surface area contributed by atoms with Gasteiger partial charge in [-0.15, -0.1) is 12.4 Å². The minimum atomic E-state index is -4.23. The summed E-state index contributed by atoms with van der Waals surface area (Å²) in [7, 11) is -4.23. The van der Waals surface area contributed by atoms with Crippen molar-refractivity contribution in [1.82, 2.24) is 0 Å². The molecule has 19 heavy (non-hydrogen) atoms. The summed E-state index contributed by atoms with van der Waals surface area (Å²) in [4.78, 5) is 0. The van der Waals surface area contributed by atoms with E-state index in [2.05, 4.69) is 11.1 Å². The van der Waals surface area contributed by atoms with Crippen LogP contribution in [0.3, 0.4) is 0 Å². The summed E-state index contributed by atoms with van der Waals surface area (Å²) in [6.07, 6.45) is 11.9. The van der Waals surface area contributed by atoms with Crippen molar-refractivity contribution in [2.45, 2.75) is 71.1 Å². The summed E-state index contributed by atoms with van der Waals surface area (Å²) in [6, 6.07) is 0. The first kappa shape index (κ1) is 25.1. The molecule has 0 rings (SSSR count). The van der Waals surface area contributed by atoms with E-state index >= 15 is 0 Å². The Balaban J connectivity index is -0.00000128. The van der Waals surface area contributed by atoms with Gasteiger partial charge in [-0.05, 0) is 6.42 Å². The molecule has 0 aliphatic carbocycles. The molecule has 0 unspecified atom stereocenters. The average Bonchev–Trinajstić information content (AvgIpc) is 2.24. The fourth-order valence-electron chi connectivity index (χ4n) is 1.75. The van der Waals surface area contributed by atoms with E-state index in [1.54, 1.807) is 0 Å². The first-order valence-corrected chi connectivity index (χ1v) is 8.04. The van der Waals surface area contributed by atoms with Crippen LogP contribution < -0.4 is 0 Å². The SMILES string of the molecule is CCCCCCCCCCCCOS(=O)(=O)O.Cl.[NaH]. The summed E-state index contributed by atoms with van der Waals surface area (Å²) < 4.78 is 33.0. The molecular weight excluding hydrogens is 299 g/mol. The fraction of sp³-hybridized carbons (Fsp3) is 1.00. The Morgan fingerprint density at radius 3 is 1.58 bits per heavy atom. The second kappa shape index (κ2) is 17.2. The van der Waals surface area contributed by atoms with E-state index in [-0.39, 0.29) is 48.6 Å². The molecule has 0 saturated heterocycles. The van der Waals surface area contributed by atoms with Crippen molar-refractivity contribution in [2.75, 3.05) is 6.61 Å². The summed E-state index contributed by atoms with van der Waals surface area (Å²) in [5, 5.41) is 0. The molecule has 0 fully saturated rings. The number of rotatable bonds is 12. The third kappa shape index (κ3) is 24.5. The maximum atomic E-state index is 10.2. The Bertz CT molecular complexity index is 260. The van der Waals surface area contributed by atoms with E-state index in [9.17, 15) is 8.42 Å². The van der Waals surface area contributed by atoms with Gasteiger partial charge in [0.15, 0.2) is 0 Å².